The molecule has 0 aromatic rings. The molecule has 0 radical (unpaired) electrons. The smallest absolute Gasteiger partial charge is 0.00342 e. The minimum absolute atomic E-state index is 0.975. The zero-order chi connectivity index (χ0) is 10.7. The lowest BCUT2D eigenvalue weighted by molar-refractivity contribution is 0.0590. The summed E-state index contributed by atoms with van der Waals surface area (Å²) in [6.45, 7) is 12.6. The highest BCUT2D eigenvalue weighted by atomic mass is 15.2. The first-order valence-electron chi connectivity index (χ1n) is 6.76. The van der Waals surface area contributed by atoms with Crippen molar-refractivity contribution in [3.8, 4) is 0 Å². The van der Waals surface area contributed by atoms with Gasteiger partial charge in [-0.3, -0.25) is 0 Å². The Labute approximate surface area is 94.6 Å². The first kappa shape index (κ1) is 11.4. The van der Waals surface area contributed by atoms with E-state index in [2.05, 4.69) is 23.6 Å². The van der Waals surface area contributed by atoms with Gasteiger partial charge in [0.25, 0.3) is 0 Å². The highest BCUT2D eigenvalue weighted by Crippen LogP contribution is 2.22. The molecule has 2 aliphatic rings. The van der Waals surface area contributed by atoms with Gasteiger partial charge in [0.05, 0.1) is 0 Å². The van der Waals surface area contributed by atoms with Gasteiger partial charge < -0.3 is 9.80 Å². The van der Waals surface area contributed by atoms with E-state index in [0.29, 0.717) is 0 Å². The van der Waals surface area contributed by atoms with Crippen molar-refractivity contribution in [1.82, 2.24) is 9.80 Å². The van der Waals surface area contributed by atoms with Crippen LogP contribution in [-0.2, 0) is 0 Å². The lowest BCUT2D eigenvalue weighted by atomic mass is 9.92. The van der Waals surface area contributed by atoms with Crippen molar-refractivity contribution < 1.29 is 0 Å². The number of likely N-dealkylation sites (tertiary alicyclic amines) is 2. The summed E-state index contributed by atoms with van der Waals surface area (Å²) in [5.74, 6) is 2.00. The molecule has 2 nitrogen and oxygen atoms in total. The summed E-state index contributed by atoms with van der Waals surface area (Å²) in [5, 5.41) is 0. The molecule has 0 bridgehead atoms. The number of hydrogen-bond acceptors (Lipinski definition) is 2. The van der Waals surface area contributed by atoms with Gasteiger partial charge in [0.1, 0.15) is 0 Å². The van der Waals surface area contributed by atoms with Crippen LogP contribution in [0.4, 0.5) is 0 Å². The standard InChI is InChI=1S/C13H26N2/c1-3-12-5-7-15(8-6-12)11-13-9-14(4-2)10-13/h12-13H,3-11H2,1-2H3. The van der Waals surface area contributed by atoms with Crippen LogP contribution in [0.1, 0.15) is 33.1 Å². The van der Waals surface area contributed by atoms with Crippen molar-refractivity contribution in [3.63, 3.8) is 0 Å². The Morgan fingerprint density at radius 2 is 1.60 bits per heavy atom. The third kappa shape index (κ3) is 2.94. The number of hydrogen-bond donors (Lipinski definition) is 0. The molecule has 0 saturated carbocycles. The maximum atomic E-state index is 2.70. The van der Waals surface area contributed by atoms with Crippen LogP contribution in [-0.4, -0.2) is 49.1 Å². The SMILES string of the molecule is CCC1CCN(CC2CN(CC)C2)CC1. The second kappa shape index (κ2) is 5.31. The molecule has 2 rings (SSSR count). The Kier molecular flexibility index (Phi) is 4.04. The zero-order valence-corrected chi connectivity index (χ0v) is 10.4. The van der Waals surface area contributed by atoms with Gasteiger partial charge in [0.2, 0.25) is 0 Å². The Hall–Kier alpha value is -0.0800. The van der Waals surface area contributed by atoms with Gasteiger partial charge >= 0.3 is 0 Å². The Balaban J connectivity index is 1.61. The first-order chi connectivity index (χ1) is 7.31. The van der Waals surface area contributed by atoms with Crippen LogP contribution in [0.5, 0.6) is 0 Å². The van der Waals surface area contributed by atoms with Crippen molar-refractivity contribution in [3.05, 3.63) is 0 Å². The molecule has 0 aliphatic carbocycles. The van der Waals surface area contributed by atoms with Gasteiger partial charge in [0, 0.05) is 19.6 Å². The van der Waals surface area contributed by atoms with E-state index in [-0.39, 0.29) is 0 Å². The molecule has 2 heterocycles. The minimum atomic E-state index is 0.975. The quantitative estimate of drug-likeness (QED) is 0.701. The third-order valence-electron chi connectivity index (χ3n) is 4.28. The zero-order valence-electron chi connectivity index (χ0n) is 10.4. The average Bonchev–Trinajstić information content (AvgIpc) is 2.23. The van der Waals surface area contributed by atoms with E-state index in [1.807, 2.05) is 0 Å². The molecule has 15 heavy (non-hydrogen) atoms. The average molecular weight is 210 g/mol. The topological polar surface area (TPSA) is 6.48 Å². The van der Waals surface area contributed by atoms with Gasteiger partial charge in [-0.1, -0.05) is 20.3 Å². The van der Waals surface area contributed by atoms with E-state index in [0.717, 1.165) is 11.8 Å². The highest BCUT2D eigenvalue weighted by Gasteiger charge is 2.28. The summed E-state index contributed by atoms with van der Waals surface area (Å²) in [4.78, 5) is 5.24. The monoisotopic (exact) mass is 210 g/mol. The van der Waals surface area contributed by atoms with E-state index < -0.39 is 0 Å². The van der Waals surface area contributed by atoms with Crippen molar-refractivity contribution in [2.75, 3.05) is 39.3 Å². The number of nitrogens with zero attached hydrogens (tertiary/aromatic N) is 2. The molecule has 0 atom stereocenters. The van der Waals surface area contributed by atoms with E-state index in [4.69, 9.17) is 0 Å². The lowest BCUT2D eigenvalue weighted by Crippen LogP contribution is -2.52. The van der Waals surface area contributed by atoms with Crippen molar-refractivity contribution in [2.45, 2.75) is 33.1 Å². The maximum absolute atomic E-state index is 2.70. The maximum Gasteiger partial charge on any atom is 0.00342 e. The molecule has 0 aromatic carbocycles. The first-order valence-corrected chi connectivity index (χ1v) is 6.76. The van der Waals surface area contributed by atoms with Crippen molar-refractivity contribution in [2.24, 2.45) is 11.8 Å². The fourth-order valence-electron chi connectivity index (χ4n) is 2.99. The fourth-order valence-corrected chi connectivity index (χ4v) is 2.99. The fraction of sp³-hybridized carbons (Fsp3) is 1.00. The molecular formula is C13H26N2. The molecule has 2 fully saturated rings. The largest absolute Gasteiger partial charge is 0.303 e. The summed E-state index contributed by atoms with van der Waals surface area (Å²) in [6, 6.07) is 0. The Morgan fingerprint density at radius 1 is 0.933 bits per heavy atom. The second-order valence-electron chi connectivity index (χ2n) is 5.37. The highest BCUT2D eigenvalue weighted by molar-refractivity contribution is 4.83. The predicted molar refractivity (Wildman–Crippen MR) is 65.1 cm³/mol. The molecule has 0 N–H and O–H groups in total. The van der Waals surface area contributed by atoms with Crippen LogP contribution in [0.2, 0.25) is 0 Å². The van der Waals surface area contributed by atoms with Gasteiger partial charge in [-0.05, 0) is 44.3 Å². The lowest BCUT2D eigenvalue weighted by Gasteiger charge is -2.42. The van der Waals surface area contributed by atoms with E-state index in [1.54, 1.807) is 0 Å². The summed E-state index contributed by atoms with van der Waals surface area (Å²) in [6.07, 6.45) is 4.28. The molecule has 0 spiro atoms. The van der Waals surface area contributed by atoms with Crippen LogP contribution in [0.25, 0.3) is 0 Å². The summed E-state index contributed by atoms with van der Waals surface area (Å²) >= 11 is 0. The van der Waals surface area contributed by atoms with Crippen LogP contribution in [0, 0.1) is 11.8 Å². The molecule has 2 aliphatic heterocycles. The predicted octanol–water partition coefficient (Wildman–Crippen LogP) is 2.06. The van der Waals surface area contributed by atoms with Gasteiger partial charge in [0.15, 0.2) is 0 Å². The van der Waals surface area contributed by atoms with Crippen molar-refractivity contribution >= 4 is 0 Å². The van der Waals surface area contributed by atoms with Gasteiger partial charge in [-0.15, -0.1) is 0 Å². The van der Waals surface area contributed by atoms with Crippen LogP contribution in [0.3, 0.4) is 0 Å². The molecule has 2 heteroatoms. The molecule has 0 unspecified atom stereocenters. The molecule has 0 aromatic heterocycles. The van der Waals surface area contributed by atoms with E-state index in [9.17, 15) is 0 Å². The normalized spacial score (nSPS) is 26.8. The molecular weight excluding hydrogens is 184 g/mol. The minimum Gasteiger partial charge on any atom is -0.303 e. The van der Waals surface area contributed by atoms with E-state index >= 15 is 0 Å². The van der Waals surface area contributed by atoms with E-state index in [1.165, 1.54) is 58.5 Å². The number of rotatable bonds is 4. The number of piperidine rings is 1. The van der Waals surface area contributed by atoms with Gasteiger partial charge in [-0.2, -0.15) is 0 Å². The second-order valence-corrected chi connectivity index (χ2v) is 5.37. The van der Waals surface area contributed by atoms with Crippen LogP contribution >= 0.6 is 0 Å². The Morgan fingerprint density at radius 3 is 2.13 bits per heavy atom. The summed E-state index contributed by atoms with van der Waals surface area (Å²) < 4.78 is 0. The van der Waals surface area contributed by atoms with Gasteiger partial charge in [-0.25, -0.2) is 0 Å². The molecule has 2 saturated heterocycles. The van der Waals surface area contributed by atoms with Crippen molar-refractivity contribution in [1.29, 1.82) is 0 Å². The third-order valence-corrected chi connectivity index (χ3v) is 4.28. The van der Waals surface area contributed by atoms with Crippen LogP contribution < -0.4 is 0 Å². The van der Waals surface area contributed by atoms with Crippen LogP contribution in [0.15, 0.2) is 0 Å². The summed E-state index contributed by atoms with van der Waals surface area (Å²) in [5.41, 5.74) is 0. The molecule has 88 valence electrons. The Bertz CT molecular complexity index is 179. The molecule has 0 amide bonds. The summed E-state index contributed by atoms with van der Waals surface area (Å²) in [7, 11) is 0.